The Morgan fingerprint density at radius 2 is 1.94 bits per heavy atom. The summed E-state index contributed by atoms with van der Waals surface area (Å²) in [5.74, 6) is -0.462. The van der Waals surface area contributed by atoms with Crippen LogP contribution in [0.5, 0.6) is 0 Å². The maximum Gasteiger partial charge on any atom is 0.318 e. The molecule has 6 heteroatoms. The van der Waals surface area contributed by atoms with Crippen LogP contribution in [0.15, 0.2) is 0 Å². The van der Waals surface area contributed by atoms with Crippen LogP contribution in [-0.4, -0.2) is 35.2 Å². The maximum absolute atomic E-state index is 11.5. The van der Waals surface area contributed by atoms with Crippen LogP contribution in [0, 0.1) is 0 Å². The van der Waals surface area contributed by atoms with Gasteiger partial charge in [0.25, 0.3) is 0 Å². The van der Waals surface area contributed by atoms with E-state index in [0.29, 0.717) is 0 Å². The first-order valence-electron chi connectivity index (χ1n) is 5.98. The molecule has 1 saturated carbocycles. The molecule has 1 atom stereocenters. The van der Waals surface area contributed by atoms with E-state index in [4.69, 9.17) is 5.73 Å². The molecule has 0 heterocycles. The number of urea groups is 1. The molecule has 17 heavy (non-hydrogen) atoms. The van der Waals surface area contributed by atoms with Crippen LogP contribution in [0.4, 0.5) is 4.79 Å². The smallest absolute Gasteiger partial charge is 0.318 e. The van der Waals surface area contributed by atoms with Crippen LogP contribution in [0.25, 0.3) is 0 Å². The average molecular weight is 243 g/mol. The van der Waals surface area contributed by atoms with E-state index in [9.17, 15) is 14.7 Å². The minimum absolute atomic E-state index is 0.00118. The Balaban J connectivity index is 2.55. The van der Waals surface area contributed by atoms with Crippen LogP contribution >= 0.6 is 0 Å². The summed E-state index contributed by atoms with van der Waals surface area (Å²) >= 11 is 0. The molecule has 1 aliphatic carbocycles. The standard InChI is InChI=1S/C11H21N3O3/c1-8(9(16)13-10(12)17)14-11(7-15)5-3-2-4-6-11/h8,14-15H,2-7H2,1H3,(H3,12,13,16,17). The Morgan fingerprint density at radius 1 is 1.35 bits per heavy atom. The van der Waals surface area contributed by atoms with Gasteiger partial charge in [0.05, 0.1) is 12.6 Å². The highest BCUT2D eigenvalue weighted by atomic mass is 16.3. The summed E-state index contributed by atoms with van der Waals surface area (Å²) in [6, 6.07) is -1.40. The second-order valence-corrected chi connectivity index (χ2v) is 4.72. The zero-order chi connectivity index (χ0) is 12.9. The molecule has 5 N–H and O–H groups in total. The van der Waals surface area contributed by atoms with Crippen molar-refractivity contribution in [1.82, 2.24) is 10.6 Å². The molecule has 0 aliphatic heterocycles. The lowest BCUT2D eigenvalue weighted by atomic mass is 9.82. The van der Waals surface area contributed by atoms with Crippen molar-refractivity contribution in [2.45, 2.75) is 50.6 Å². The quantitative estimate of drug-likeness (QED) is 0.551. The summed E-state index contributed by atoms with van der Waals surface area (Å²) in [4.78, 5) is 22.1. The van der Waals surface area contributed by atoms with Crippen LogP contribution in [0.1, 0.15) is 39.0 Å². The van der Waals surface area contributed by atoms with Crippen molar-refractivity contribution in [3.05, 3.63) is 0 Å². The van der Waals surface area contributed by atoms with Gasteiger partial charge >= 0.3 is 6.03 Å². The molecule has 1 unspecified atom stereocenters. The normalized spacial score (nSPS) is 20.6. The third-order valence-corrected chi connectivity index (χ3v) is 3.28. The molecule has 0 aromatic carbocycles. The van der Waals surface area contributed by atoms with Crippen molar-refractivity contribution in [3.63, 3.8) is 0 Å². The lowest BCUT2D eigenvalue weighted by Crippen LogP contribution is -2.58. The molecule has 0 aromatic rings. The first-order chi connectivity index (χ1) is 7.99. The Labute approximate surface area is 101 Å². The number of aliphatic hydroxyl groups is 1. The summed E-state index contributed by atoms with van der Waals surface area (Å²) in [5.41, 5.74) is 4.49. The molecule has 98 valence electrons. The Hall–Kier alpha value is -1.14. The average Bonchev–Trinajstić information content (AvgIpc) is 2.29. The van der Waals surface area contributed by atoms with Gasteiger partial charge in [-0.15, -0.1) is 0 Å². The largest absolute Gasteiger partial charge is 0.394 e. The predicted molar refractivity (Wildman–Crippen MR) is 63.2 cm³/mol. The van der Waals surface area contributed by atoms with Crippen molar-refractivity contribution in [3.8, 4) is 0 Å². The van der Waals surface area contributed by atoms with Crippen molar-refractivity contribution in [1.29, 1.82) is 0 Å². The number of nitrogens with two attached hydrogens (primary N) is 1. The minimum Gasteiger partial charge on any atom is -0.394 e. The number of amides is 3. The van der Waals surface area contributed by atoms with Crippen LogP contribution in [-0.2, 0) is 4.79 Å². The molecule has 1 rings (SSSR count). The van der Waals surface area contributed by atoms with Crippen molar-refractivity contribution >= 4 is 11.9 Å². The SMILES string of the molecule is CC(NC1(CO)CCCCC1)C(=O)NC(N)=O. The zero-order valence-electron chi connectivity index (χ0n) is 10.2. The van der Waals surface area contributed by atoms with Gasteiger partial charge in [-0.05, 0) is 19.8 Å². The van der Waals surface area contributed by atoms with E-state index >= 15 is 0 Å². The lowest BCUT2D eigenvalue weighted by Gasteiger charge is -2.38. The minimum atomic E-state index is -0.856. The van der Waals surface area contributed by atoms with Crippen molar-refractivity contribution < 1.29 is 14.7 Å². The molecular weight excluding hydrogens is 222 g/mol. The van der Waals surface area contributed by atoms with E-state index in [2.05, 4.69) is 5.32 Å². The van der Waals surface area contributed by atoms with E-state index in [1.165, 1.54) is 0 Å². The van der Waals surface area contributed by atoms with E-state index in [1.54, 1.807) is 6.92 Å². The molecule has 0 aromatic heterocycles. The number of hydrogen-bond acceptors (Lipinski definition) is 4. The highest BCUT2D eigenvalue weighted by molar-refractivity contribution is 5.96. The van der Waals surface area contributed by atoms with Gasteiger partial charge in [0.15, 0.2) is 0 Å². The lowest BCUT2D eigenvalue weighted by molar-refractivity contribution is -0.122. The molecule has 1 fully saturated rings. The highest BCUT2D eigenvalue weighted by Gasteiger charge is 2.33. The number of carbonyl (C=O) groups is 2. The Kier molecular flexibility index (Phi) is 4.89. The number of hydrogen-bond donors (Lipinski definition) is 4. The predicted octanol–water partition coefficient (Wildman–Crippen LogP) is -0.145. The summed E-state index contributed by atoms with van der Waals surface area (Å²) in [5, 5.41) is 14.6. The summed E-state index contributed by atoms with van der Waals surface area (Å²) < 4.78 is 0. The van der Waals surface area contributed by atoms with E-state index < -0.39 is 23.5 Å². The monoisotopic (exact) mass is 243 g/mol. The van der Waals surface area contributed by atoms with E-state index in [0.717, 1.165) is 32.1 Å². The van der Waals surface area contributed by atoms with E-state index in [1.807, 2.05) is 5.32 Å². The van der Waals surface area contributed by atoms with Crippen LogP contribution < -0.4 is 16.4 Å². The van der Waals surface area contributed by atoms with Gasteiger partial charge in [-0.3, -0.25) is 15.4 Å². The highest BCUT2D eigenvalue weighted by Crippen LogP contribution is 2.28. The maximum atomic E-state index is 11.5. The van der Waals surface area contributed by atoms with Gasteiger partial charge in [-0.1, -0.05) is 19.3 Å². The number of primary amides is 1. The van der Waals surface area contributed by atoms with Gasteiger partial charge in [-0.2, -0.15) is 0 Å². The molecule has 6 nitrogen and oxygen atoms in total. The molecule has 1 aliphatic rings. The molecule has 0 bridgehead atoms. The zero-order valence-corrected chi connectivity index (χ0v) is 10.2. The number of carbonyl (C=O) groups excluding carboxylic acids is 2. The molecular formula is C11H21N3O3. The van der Waals surface area contributed by atoms with Crippen LogP contribution in [0.2, 0.25) is 0 Å². The van der Waals surface area contributed by atoms with Gasteiger partial charge in [-0.25, -0.2) is 4.79 Å². The van der Waals surface area contributed by atoms with Gasteiger partial charge in [0.1, 0.15) is 0 Å². The number of nitrogens with one attached hydrogen (secondary N) is 2. The van der Waals surface area contributed by atoms with Crippen molar-refractivity contribution in [2.75, 3.05) is 6.61 Å². The third kappa shape index (κ3) is 3.98. The second-order valence-electron chi connectivity index (χ2n) is 4.72. The van der Waals surface area contributed by atoms with Gasteiger partial charge in [0, 0.05) is 5.54 Å². The summed E-state index contributed by atoms with van der Waals surface area (Å²) in [6.07, 6.45) is 4.93. The molecule has 0 saturated heterocycles. The van der Waals surface area contributed by atoms with E-state index in [-0.39, 0.29) is 6.61 Å². The second kappa shape index (κ2) is 5.97. The van der Waals surface area contributed by atoms with Gasteiger partial charge < -0.3 is 10.8 Å². The third-order valence-electron chi connectivity index (χ3n) is 3.28. The van der Waals surface area contributed by atoms with Crippen LogP contribution in [0.3, 0.4) is 0 Å². The van der Waals surface area contributed by atoms with Gasteiger partial charge in [0.2, 0.25) is 5.91 Å². The Bertz CT molecular complexity index is 288. The number of aliphatic hydroxyl groups excluding tert-OH is 1. The first kappa shape index (κ1) is 13.9. The number of imide groups is 1. The molecule has 0 spiro atoms. The Morgan fingerprint density at radius 3 is 2.41 bits per heavy atom. The number of rotatable bonds is 4. The fraction of sp³-hybridized carbons (Fsp3) is 0.818. The molecule has 3 amide bonds. The fourth-order valence-electron chi connectivity index (χ4n) is 2.33. The summed E-state index contributed by atoms with van der Waals surface area (Å²) in [6.45, 7) is 1.66. The fourth-order valence-corrected chi connectivity index (χ4v) is 2.33. The summed E-state index contributed by atoms with van der Waals surface area (Å²) in [7, 11) is 0. The topological polar surface area (TPSA) is 104 Å². The van der Waals surface area contributed by atoms with Crippen molar-refractivity contribution in [2.24, 2.45) is 5.73 Å². The first-order valence-corrected chi connectivity index (χ1v) is 5.98. The molecule has 0 radical (unpaired) electrons.